The number of Topliss-reactive ketones (excluding diaryl/α,β-unsaturated/α-hetero) is 1. The van der Waals surface area contributed by atoms with Crippen LogP contribution in [0.4, 0.5) is 10.5 Å². The predicted molar refractivity (Wildman–Crippen MR) is 108 cm³/mol. The van der Waals surface area contributed by atoms with Crippen LogP contribution in [0.15, 0.2) is 36.5 Å². The Morgan fingerprint density at radius 3 is 2.59 bits per heavy atom. The van der Waals surface area contributed by atoms with E-state index in [1.54, 1.807) is 43.5 Å². The monoisotopic (exact) mass is 416 g/mol. The Morgan fingerprint density at radius 2 is 2.00 bits per heavy atom. The number of ketones is 1. The molecule has 0 spiro atoms. The standard InChI is InChI=1S/C21H21ClN2O5/c1-4-29-21(28)24-16-9-13(22)6-7-14(16)17(12(3)20(26)27)18(24)19(25)15-8-5-11(2)10-23-15/h5-10,12,17-18H,4H2,1-3H3,(H,26,27). The van der Waals surface area contributed by atoms with Crippen LogP contribution >= 0.6 is 11.6 Å². The summed E-state index contributed by atoms with van der Waals surface area (Å²) < 4.78 is 5.17. The minimum Gasteiger partial charge on any atom is -0.481 e. The minimum atomic E-state index is -1.11. The smallest absolute Gasteiger partial charge is 0.414 e. The number of rotatable bonds is 5. The number of hydrogen-bond acceptors (Lipinski definition) is 5. The lowest BCUT2D eigenvalue weighted by Crippen LogP contribution is -2.47. The van der Waals surface area contributed by atoms with Crippen molar-refractivity contribution in [3.05, 3.63) is 58.4 Å². The molecule has 1 aliphatic rings. The van der Waals surface area contributed by atoms with Crippen molar-refractivity contribution >= 4 is 35.1 Å². The second-order valence-electron chi connectivity index (χ2n) is 6.95. The number of benzene rings is 1. The van der Waals surface area contributed by atoms with Crippen LogP contribution in [-0.4, -0.2) is 40.6 Å². The molecular formula is C21H21ClN2O5. The second kappa shape index (κ2) is 8.21. The first-order chi connectivity index (χ1) is 13.8. The molecule has 3 atom stereocenters. The van der Waals surface area contributed by atoms with E-state index in [2.05, 4.69) is 4.98 Å². The molecule has 0 saturated carbocycles. The van der Waals surface area contributed by atoms with Crippen LogP contribution in [0.2, 0.25) is 5.02 Å². The second-order valence-corrected chi connectivity index (χ2v) is 7.39. The SMILES string of the molecule is CCOC(=O)N1c2cc(Cl)ccc2C(C(C)C(=O)O)C1C(=O)c1ccc(C)cn1. The van der Waals surface area contributed by atoms with Gasteiger partial charge in [-0.15, -0.1) is 0 Å². The van der Waals surface area contributed by atoms with Crippen LogP contribution in [0.3, 0.4) is 0 Å². The predicted octanol–water partition coefficient (Wildman–Crippen LogP) is 4.08. The highest BCUT2D eigenvalue weighted by Crippen LogP contribution is 2.47. The van der Waals surface area contributed by atoms with Crippen molar-refractivity contribution in [1.82, 2.24) is 4.98 Å². The van der Waals surface area contributed by atoms with Crippen LogP contribution in [0.1, 0.15) is 41.4 Å². The Labute approximate surface area is 173 Å². The highest BCUT2D eigenvalue weighted by atomic mass is 35.5. The summed E-state index contributed by atoms with van der Waals surface area (Å²) >= 11 is 6.13. The lowest BCUT2D eigenvalue weighted by Gasteiger charge is -2.28. The maximum absolute atomic E-state index is 13.4. The van der Waals surface area contributed by atoms with E-state index in [0.717, 1.165) is 5.56 Å². The number of halogens is 1. The summed E-state index contributed by atoms with van der Waals surface area (Å²) in [4.78, 5) is 43.4. The fraction of sp³-hybridized carbons (Fsp3) is 0.333. The number of carbonyl (C=O) groups is 3. The van der Waals surface area contributed by atoms with Gasteiger partial charge in [0.1, 0.15) is 11.7 Å². The quantitative estimate of drug-likeness (QED) is 0.738. The molecule has 0 saturated heterocycles. The first-order valence-electron chi connectivity index (χ1n) is 9.21. The summed E-state index contributed by atoms with van der Waals surface area (Å²) in [5, 5.41) is 10.0. The van der Waals surface area contributed by atoms with Gasteiger partial charge in [-0.25, -0.2) is 4.79 Å². The van der Waals surface area contributed by atoms with E-state index in [4.69, 9.17) is 16.3 Å². The van der Waals surface area contributed by atoms with Gasteiger partial charge in [0.25, 0.3) is 0 Å². The number of aliphatic carboxylic acids is 1. The molecule has 1 aromatic heterocycles. The number of nitrogens with zero attached hydrogens (tertiary/aromatic N) is 2. The van der Waals surface area contributed by atoms with Gasteiger partial charge in [-0.3, -0.25) is 19.5 Å². The largest absolute Gasteiger partial charge is 0.481 e. The van der Waals surface area contributed by atoms with Gasteiger partial charge in [0, 0.05) is 17.1 Å². The Morgan fingerprint density at radius 1 is 1.28 bits per heavy atom. The summed E-state index contributed by atoms with van der Waals surface area (Å²) in [5.41, 5.74) is 1.96. The normalized spacial score (nSPS) is 18.8. The van der Waals surface area contributed by atoms with Crippen LogP contribution in [0.5, 0.6) is 0 Å². The van der Waals surface area contributed by atoms with Gasteiger partial charge in [0.05, 0.1) is 18.2 Å². The van der Waals surface area contributed by atoms with Crippen LogP contribution < -0.4 is 4.90 Å². The molecule has 2 heterocycles. The van der Waals surface area contributed by atoms with Gasteiger partial charge in [0.2, 0.25) is 5.78 Å². The molecule has 0 fully saturated rings. The maximum Gasteiger partial charge on any atom is 0.414 e. The number of fused-ring (bicyclic) bond motifs is 1. The molecule has 8 heteroatoms. The molecule has 2 aromatic rings. The first-order valence-corrected chi connectivity index (χ1v) is 9.59. The molecule has 0 aliphatic carbocycles. The van der Waals surface area contributed by atoms with Crippen molar-refractivity contribution in [2.24, 2.45) is 5.92 Å². The Bertz CT molecular complexity index is 960. The third-order valence-electron chi connectivity index (χ3n) is 5.05. The number of hydrogen-bond donors (Lipinski definition) is 1. The first kappa shape index (κ1) is 20.8. The number of aromatic nitrogens is 1. The maximum atomic E-state index is 13.4. The van der Waals surface area contributed by atoms with Gasteiger partial charge >= 0.3 is 12.1 Å². The van der Waals surface area contributed by atoms with Gasteiger partial charge in [0.15, 0.2) is 0 Å². The van der Waals surface area contributed by atoms with Gasteiger partial charge < -0.3 is 9.84 Å². The molecule has 1 aromatic carbocycles. The van der Waals surface area contributed by atoms with Crippen molar-refractivity contribution in [2.45, 2.75) is 32.7 Å². The van der Waals surface area contributed by atoms with E-state index in [0.29, 0.717) is 16.3 Å². The number of carboxylic acid groups (broad SMARTS) is 1. The molecular weight excluding hydrogens is 396 g/mol. The molecule has 1 amide bonds. The summed E-state index contributed by atoms with van der Waals surface area (Å²) in [5.74, 6) is -3.24. The summed E-state index contributed by atoms with van der Waals surface area (Å²) in [7, 11) is 0. The van der Waals surface area contributed by atoms with Crippen LogP contribution in [-0.2, 0) is 9.53 Å². The van der Waals surface area contributed by atoms with E-state index in [1.807, 2.05) is 6.92 Å². The summed E-state index contributed by atoms with van der Waals surface area (Å²) in [6, 6.07) is 7.02. The van der Waals surface area contributed by atoms with Crippen molar-refractivity contribution < 1.29 is 24.2 Å². The number of pyridine rings is 1. The molecule has 3 unspecified atom stereocenters. The molecule has 1 N–H and O–H groups in total. The van der Waals surface area contributed by atoms with Gasteiger partial charge in [-0.1, -0.05) is 30.7 Å². The third kappa shape index (κ3) is 3.82. The highest BCUT2D eigenvalue weighted by molar-refractivity contribution is 6.31. The number of carbonyl (C=O) groups excluding carboxylic acids is 2. The van der Waals surface area contributed by atoms with Gasteiger partial charge in [-0.05, 0) is 43.2 Å². The summed E-state index contributed by atoms with van der Waals surface area (Å²) in [6.07, 6.45) is 0.817. The fourth-order valence-corrected chi connectivity index (χ4v) is 3.80. The lowest BCUT2D eigenvalue weighted by atomic mass is 9.81. The average molecular weight is 417 g/mol. The number of amides is 1. The molecule has 1 aliphatic heterocycles. The molecule has 152 valence electrons. The number of aryl methyl sites for hydroxylation is 1. The van der Waals surface area contributed by atoms with Crippen molar-refractivity contribution in [3.8, 4) is 0 Å². The fourth-order valence-electron chi connectivity index (χ4n) is 3.63. The van der Waals surface area contributed by atoms with E-state index < -0.39 is 35.7 Å². The van der Waals surface area contributed by atoms with Crippen LogP contribution in [0.25, 0.3) is 0 Å². The van der Waals surface area contributed by atoms with Crippen LogP contribution in [0, 0.1) is 12.8 Å². The van der Waals surface area contributed by atoms with Crippen molar-refractivity contribution in [1.29, 1.82) is 0 Å². The van der Waals surface area contributed by atoms with Crippen molar-refractivity contribution in [2.75, 3.05) is 11.5 Å². The molecule has 0 bridgehead atoms. The Kier molecular flexibility index (Phi) is 5.88. The molecule has 0 radical (unpaired) electrons. The lowest BCUT2D eigenvalue weighted by molar-refractivity contribution is -0.141. The Hall–Kier alpha value is -2.93. The van der Waals surface area contributed by atoms with E-state index in [1.165, 1.54) is 11.8 Å². The molecule has 7 nitrogen and oxygen atoms in total. The number of anilines is 1. The number of carboxylic acids is 1. The average Bonchev–Trinajstić information content (AvgIpc) is 3.01. The van der Waals surface area contributed by atoms with E-state index in [9.17, 15) is 19.5 Å². The zero-order valence-electron chi connectivity index (χ0n) is 16.3. The zero-order valence-corrected chi connectivity index (χ0v) is 17.0. The molecule has 29 heavy (non-hydrogen) atoms. The zero-order chi connectivity index (χ0) is 21.3. The number of ether oxygens (including phenoxy) is 1. The third-order valence-corrected chi connectivity index (χ3v) is 5.29. The summed E-state index contributed by atoms with van der Waals surface area (Å²) in [6.45, 7) is 5.12. The Balaban J connectivity index is 2.18. The van der Waals surface area contributed by atoms with E-state index >= 15 is 0 Å². The molecule has 3 rings (SSSR count). The highest BCUT2D eigenvalue weighted by Gasteiger charge is 2.50. The van der Waals surface area contributed by atoms with Gasteiger partial charge in [-0.2, -0.15) is 0 Å². The minimum absolute atomic E-state index is 0.105. The topological polar surface area (TPSA) is 96.8 Å². The van der Waals surface area contributed by atoms with Crippen molar-refractivity contribution in [3.63, 3.8) is 0 Å². The van der Waals surface area contributed by atoms with E-state index in [-0.39, 0.29) is 12.3 Å².